The highest BCUT2D eigenvalue weighted by molar-refractivity contribution is 5.93. The highest BCUT2D eigenvalue weighted by Gasteiger charge is 2.24. The van der Waals surface area contributed by atoms with Crippen molar-refractivity contribution in [1.29, 1.82) is 0 Å². The van der Waals surface area contributed by atoms with E-state index in [-0.39, 0.29) is 18.1 Å². The zero-order valence-corrected chi connectivity index (χ0v) is 11.8. The van der Waals surface area contributed by atoms with Gasteiger partial charge in [0.1, 0.15) is 11.3 Å². The number of ether oxygens (including phenoxy) is 1. The largest absolute Gasteiger partial charge is 0.376 e. The maximum atomic E-state index is 12.2. The summed E-state index contributed by atoms with van der Waals surface area (Å²) >= 11 is 0. The predicted octanol–water partition coefficient (Wildman–Crippen LogP) is 1.94. The summed E-state index contributed by atoms with van der Waals surface area (Å²) < 4.78 is 7.45. The fourth-order valence-corrected chi connectivity index (χ4v) is 2.56. The number of fused-ring (bicyclic) bond motifs is 1. The number of carbonyl (C=O) groups excluding carboxylic acids is 1. The lowest BCUT2D eigenvalue weighted by molar-refractivity contribution is 0.0710. The molecule has 106 valence electrons. The minimum absolute atomic E-state index is 0.0107. The molecule has 1 aliphatic heterocycles. The van der Waals surface area contributed by atoms with Crippen LogP contribution in [0.1, 0.15) is 35.8 Å². The van der Waals surface area contributed by atoms with Crippen LogP contribution in [-0.2, 0) is 4.74 Å². The van der Waals surface area contributed by atoms with Gasteiger partial charge in [0.05, 0.1) is 12.1 Å². The normalized spacial score (nSPS) is 20.2. The molecule has 0 bridgehead atoms. The zero-order valence-electron chi connectivity index (χ0n) is 11.8. The molecule has 1 amide bonds. The van der Waals surface area contributed by atoms with E-state index in [0.29, 0.717) is 5.69 Å². The fraction of sp³-hybridized carbons (Fsp3) is 0.467. The van der Waals surface area contributed by atoms with E-state index in [1.54, 1.807) is 6.20 Å². The fourth-order valence-electron chi connectivity index (χ4n) is 2.56. The van der Waals surface area contributed by atoms with E-state index < -0.39 is 0 Å². The van der Waals surface area contributed by atoms with Crippen LogP contribution >= 0.6 is 0 Å². The van der Waals surface area contributed by atoms with Gasteiger partial charge in [-0.05, 0) is 44.4 Å². The summed E-state index contributed by atoms with van der Waals surface area (Å²) in [7, 11) is 0. The van der Waals surface area contributed by atoms with Gasteiger partial charge >= 0.3 is 0 Å². The van der Waals surface area contributed by atoms with Gasteiger partial charge in [-0.1, -0.05) is 0 Å². The van der Waals surface area contributed by atoms with E-state index in [1.165, 1.54) is 0 Å². The van der Waals surface area contributed by atoms with Gasteiger partial charge in [0.25, 0.3) is 5.91 Å². The van der Waals surface area contributed by atoms with Gasteiger partial charge in [0.15, 0.2) is 0 Å². The Hall–Kier alpha value is -1.88. The van der Waals surface area contributed by atoms with Gasteiger partial charge in [-0.2, -0.15) is 0 Å². The summed E-state index contributed by atoms with van der Waals surface area (Å²) in [6, 6.07) is 3.96. The molecule has 2 aromatic heterocycles. The van der Waals surface area contributed by atoms with Gasteiger partial charge in [-0.3, -0.25) is 4.79 Å². The molecule has 5 heteroatoms. The van der Waals surface area contributed by atoms with Crippen molar-refractivity contribution in [2.75, 3.05) is 6.61 Å². The molecule has 0 spiro atoms. The van der Waals surface area contributed by atoms with Crippen LogP contribution in [0.3, 0.4) is 0 Å². The van der Waals surface area contributed by atoms with Gasteiger partial charge in [0, 0.05) is 19.0 Å². The first-order valence-corrected chi connectivity index (χ1v) is 7.01. The Balaban J connectivity index is 1.74. The maximum Gasteiger partial charge on any atom is 0.271 e. The molecule has 0 unspecified atom stereocenters. The second-order valence-electron chi connectivity index (χ2n) is 5.41. The molecule has 5 nitrogen and oxygen atoms in total. The maximum absolute atomic E-state index is 12.2. The highest BCUT2D eigenvalue weighted by atomic mass is 16.5. The molecule has 1 N–H and O–H groups in total. The third kappa shape index (κ3) is 2.54. The molecule has 3 heterocycles. The number of nitrogens with zero attached hydrogens (tertiary/aromatic N) is 2. The third-order valence-corrected chi connectivity index (χ3v) is 3.73. The van der Waals surface area contributed by atoms with Crippen molar-refractivity contribution >= 4 is 11.6 Å². The van der Waals surface area contributed by atoms with E-state index in [1.807, 2.05) is 36.6 Å². The molecule has 0 saturated carbocycles. The standard InChI is InChI=1S/C15H19N3O2/c1-10-5-6-18-9-12(17-14(18)8-10)15(19)16-11(2)13-4-3-7-20-13/h5-6,8-9,11,13H,3-4,7H2,1-2H3,(H,16,19)/t11-,13+/m0/s1. The molecular formula is C15H19N3O2. The van der Waals surface area contributed by atoms with Gasteiger partial charge in [-0.25, -0.2) is 4.98 Å². The first-order chi connectivity index (χ1) is 9.63. The van der Waals surface area contributed by atoms with Crippen molar-refractivity contribution in [3.63, 3.8) is 0 Å². The Morgan fingerprint density at radius 3 is 3.20 bits per heavy atom. The van der Waals surface area contributed by atoms with E-state index >= 15 is 0 Å². The number of rotatable bonds is 3. The Labute approximate surface area is 118 Å². The SMILES string of the molecule is Cc1ccn2cc(C(=O)N[C@@H](C)[C@H]3CCCO3)nc2c1. The van der Waals surface area contributed by atoms with Crippen molar-refractivity contribution in [1.82, 2.24) is 14.7 Å². The van der Waals surface area contributed by atoms with Crippen molar-refractivity contribution in [2.24, 2.45) is 0 Å². The molecule has 20 heavy (non-hydrogen) atoms. The molecule has 1 aliphatic rings. The zero-order chi connectivity index (χ0) is 14.1. The number of hydrogen-bond donors (Lipinski definition) is 1. The van der Waals surface area contributed by atoms with Gasteiger partial charge in [-0.15, -0.1) is 0 Å². The van der Waals surface area contributed by atoms with Crippen LogP contribution in [0.5, 0.6) is 0 Å². The number of aryl methyl sites for hydroxylation is 1. The van der Waals surface area contributed by atoms with Crippen LogP contribution in [0.25, 0.3) is 5.65 Å². The summed E-state index contributed by atoms with van der Waals surface area (Å²) in [5.41, 5.74) is 2.36. The number of imidazole rings is 1. The van der Waals surface area contributed by atoms with Crippen LogP contribution in [0.2, 0.25) is 0 Å². The summed E-state index contributed by atoms with van der Waals surface area (Å²) in [6.45, 7) is 4.78. The number of nitrogens with one attached hydrogen (secondary N) is 1. The van der Waals surface area contributed by atoms with E-state index in [4.69, 9.17) is 4.74 Å². The number of hydrogen-bond acceptors (Lipinski definition) is 3. The topological polar surface area (TPSA) is 55.6 Å². The summed E-state index contributed by atoms with van der Waals surface area (Å²) in [4.78, 5) is 16.6. The highest BCUT2D eigenvalue weighted by Crippen LogP contribution is 2.16. The first kappa shape index (κ1) is 13.1. The van der Waals surface area contributed by atoms with Gasteiger partial charge < -0.3 is 14.5 Å². The molecule has 0 aliphatic carbocycles. The molecule has 2 atom stereocenters. The van der Waals surface area contributed by atoms with Crippen molar-refractivity contribution in [3.05, 3.63) is 35.8 Å². The second-order valence-corrected chi connectivity index (χ2v) is 5.41. The second kappa shape index (κ2) is 5.25. The molecule has 1 saturated heterocycles. The molecule has 1 fully saturated rings. The third-order valence-electron chi connectivity index (χ3n) is 3.73. The number of aromatic nitrogens is 2. The molecule has 2 aromatic rings. The van der Waals surface area contributed by atoms with E-state index in [9.17, 15) is 4.79 Å². The molecular weight excluding hydrogens is 254 g/mol. The van der Waals surface area contributed by atoms with Crippen molar-refractivity contribution in [2.45, 2.75) is 38.8 Å². The summed E-state index contributed by atoms with van der Waals surface area (Å²) in [5, 5.41) is 2.97. The number of pyridine rings is 1. The summed E-state index contributed by atoms with van der Waals surface area (Å²) in [6.07, 6.45) is 5.87. The van der Waals surface area contributed by atoms with Crippen LogP contribution in [0.15, 0.2) is 24.5 Å². The van der Waals surface area contributed by atoms with Crippen molar-refractivity contribution < 1.29 is 9.53 Å². The van der Waals surface area contributed by atoms with Crippen LogP contribution in [0.4, 0.5) is 0 Å². The Kier molecular flexibility index (Phi) is 3.44. The smallest absolute Gasteiger partial charge is 0.271 e. The van der Waals surface area contributed by atoms with E-state index in [0.717, 1.165) is 30.7 Å². The Morgan fingerprint density at radius 1 is 1.60 bits per heavy atom. The lowest BCUT2D eigenvalue weighted by Crippen LogP contribution is -2.40. The predicted molar refractivity (Wildman–Crippen MR) is 75.8 cm³/mol. The Morgan fingerprint density at radius 2 is 2.45 bits per heavy atom. The van der Waals surface area contributed by atoms with Crippen LogP contribution < -0.4 is 5.32 Å². The Bertz CT molecular complexity index is 629. The number of amides is 1. The van der Waals surface area contributed by atoms with Crippen molar-refractivity contribution in [3.8, 4) is 0 Å². The monoisotopic (exact) mass is 273 g/mol. The average Bonchev–Trinajstić information content (AvgIpc) is 3.07. The van der Waals surface area contributed by atoms with E-state index in [2.05, 4.69) is 10.3 Å². The quantitative estimate of drug-likeness (QED) is 0.929. The molecule has 0 radical (unpaired) electrons. The molecule has 3 rings (SSSR count). The lowest BCUT2D eigenvalue weighted by atomic mass is 10.1. The molecule has 0 aromatic carbocycles. The minimum atomic E-state index is -0.144. The van der Waals surface area contributed by atoms with Crippen LogP contribution in [0, 0.1) is 6.92 Å². The van der Waals surface area contributed by atoms with Gasteiger partial charge in [0.2, 0.25) is 0 Å². The van der Waals surface area contributed by atoms with Crippen LogP contribution in [-0.4, -0.2) is 34.0 Å². The summed E-state index contributed by atoms with van der Waals surface area (Å²) in [5.74, 6) is -0.144. The lowest BCUT2D eigenvalue weighted by Gasteiger charge is -2.19. The first-order valence-electron chi connectivity index (χ1n) is 7.01. The minimum Gasteiger partial charge on any atom is -0.376 e. The number of carbonyl (C=O) groups is 1. The average molecular weight is 273 g/mol.